The maximum absolute atomic E-state index is 13.0. The normalized spacial score (nSPS) is 12.5. The number of fused-ring (bicyclic) bond motifs is 1. The van der Waals surface area contributed by atoms with E-state index >= 15 is 0 Å². The van der Waals surface area contributed by atoms with E-state index in [1.807, 2.05) is 0 Å². The van der Waals surface area contributed by atoms with Crippen LogP contribution in [-0.2, 0) is 67.8 Å². The summed E-state index contributed by atoms with van der Waals surface area (Å²) < 4.78 is 109. The molecule has 440 valence electrons. The van der Waals surface area contributed by atoms with E-state index in [-0.39, 0.29) is 113 Å². The molecule has 12 N–H and O–H groups in total. The molecular weight excluding hydrogens is 1390 g/mol. The number of rotatable bonds is 29. The Morgan fingerprint density at radius 3 is 1.83 bits per heavy atom. The lowest BCUT2D eigenvalue weighted by molar-refractivity contribution is -0.432. The summed E-state index contributed by atoms with van der Waals surface area (Å²) >= 11 is 19.1. The third-order valence-corrected chi connectivity index (χ3v) is 18.4. The van der Waals surface area contributed by atoms with Crippen molar-refractivity contribution in [2.75, 3.05) is 49.7 Å². The SMILES string of the molecule is Nc1c(N=Nc2cc(NC(=O)CCCS(=O)(=O)CCCl)ccc2SOOO)c(SOOO)cc2cc(S(=O)(=O)O)c(N=Nc3cc(Nc4nc(Cl)nc(Nc5cc(NC(=O)C(Br)CBr)ccc5S(=O)(=O)O)n4)ccc3SOOO)c(O)c12. The van der Waals surface area contributed by atoms with Gasteiger partial charge < -0.3 is 32.1 Å². The molecule has 1 atom stereocenters. The number of halogens is 4. The quantitative estimate of drug-likeness (QED) is 0.00395. The van der Waals surface area contributed by atoms with Gasteiger partial charge in [0.1, 0.15) is 37.4 Å². The van der Waals surface area contributed by atoms with Crippen LogP contribution in [0.4, 0.5) is 63.1 Å². The van der Waals surface area contributed by atoms with Crippen molar-refractivity contribution in [1.82, 2.24) is 15.0 Å². The molecule has 2 amide bonds. The average molecular weight is 1430 g/mol. The molecule has 0 spiro atoms. The molecule has 0 fully saturated rings. The van der Waals surface area contributed by atoms with Crippen molar-refractivity contribution < 1.29 is 92.9 Å². The van der Waals surface area contributed by atoms with Gasteiger partial charge in [0.15, 0.2) is 15.6 Å². The minimum absolute atomic E-state index is 0.0240. The number of nitrogen functional groups attached to an aromatic ring is 1. The third kappa shape index (κ3) is 18.4. The van der Waals surface area contributed by atoms with Crippen molar-refractivity contribution in [3.63, 3.8) is 0 Å². The average Bonchev–Trinajstić information content (AvgIpc) is 3.59. The number of azo groups is 2. The molecule has 0 saturated heterocycles. The molecule has 1 aromatic heterocycles. The second kappa shape index (κ2) is 30.0. The van der Waals surface area contributed by atoms with E-state index in [4.69, 9.17) is 44.7 Å². The zero-order valence-corrected chi connectivity index (χ0v) is 49.8. The van der Waals surface area contributed by atoms with Gasteiger partial charge in [0.05, 0.1) is 79.1 Å². The molecule has 0 aliphatic heterocycles. The second-order valence-electron chi connectivity index (χ2n) is 15.5. The van der Waals surface area contributed by atoms with Gasteiger partial charge >= 0.3 is 0 Å². The van der Waals surface area contributed by atoms with Crippen molar-refractivity contribution in [3.8, 4) is 5.75 Å². The second-order valence-corrected chi connectivity index (χ2v) is 25.3. The van der Waals surface area contributed by atoms with Crippen LogP contribution in [-0.4, -0.2) is 110 Å². The number of hydrogen-bond donors (Lipinski definition) is 11. The van der Waals surface area contributed by atoms with Crippen molar-refractivity contribution in [1.29, 1.82) is 0 Å². The van der Waals surface area contributed by atoms with Crippen LogP contribution < -0.4 is 27.0 Å². The van der Waals surface area contributed by atoms with Crippen molar-refractivity contribution in [3.05, 3.63) is 72.0 Å². The van der Waals surface area contributed by atoms with Gasteiger partial charge in [0.2, 0.25) is 29.0 Å². The van der Waals surface area contributed by atoms with Crippen LogP contribution in [0.3, 0.4) is 0 Å². The number of alkyl halides is 3. The largest absolute Gasteiger partial charge is 0.505 e. The first kappa shape index (κ1) is 65.9. The zero-order valence-electron chi connectivity index (χ0n) is 40.2. The molecule has 6 rings (SSSR count). The predicted octanol–water partition coefficient (Wildman–Crippen LogP) is 10.5. The van der Waals surface area contributed by atoms with Gasteiger partial charge in [-0.1, -0.05) is 47.0 Å². The van der Waals surface area contributed by atoms with Crippen LogP contribution in [0.25, 0.3) is 10.8 Å². The monoisotopic (exact) mass is 1420 g/mol. The fraction of sp³-hybridized carbons (Fsp3) is 0.175. The van der Waals surface area contributed by atoms with E-state index in [1.54, 1.807) is 0 Å². The first-order valence-electron chi connectivity index (χ1n) is 21.7. The molecule has 0 bridgehead atoms. The van der Waals surface area contributed by atoms with E-state index in [0.29, 0.717) is 24.1 Å². The molecule has 1 heterocycles. The molecule has 6 aromatic rings. The summed E-state index contributed by atoms with van der Waals surface area (Å²) in [5, 5.41) is 75.9. The molecule has 0 aliphatic carbocycles. The van der Waals surface area contributed by atoms with Crippen LogP contribution in [0, 0.1) is 0 Å². The van der Waals surface area contributed by atoms with Gasteiger partial charge in [-0.05, 0) is 90.1 Å². The van der Waals surface area contributed by atoms with Crippen LogP contribution >= 0.6 is 91.2 Å². The molecule has 5 aromatic carbocycles. The Bertz CT molecular complexity index is 3780. The van der Waals surface area contributed by atoms with Gasteiger partial charge in [-0.25, -0.2) is 24.2 Å². The molecular formula is C40H36Br2Cl2N12O20S6. The summed E-state index contributed by atoms with van der Waals surface area (Å²) in [6.45, 7) is 0. The molecule has 82 heavy (non-hydrogen) atoms. The summed E-state index contributed by atoms with van der Waals surface area (Å²) in [5.41, 5.74) is 4.34. The standard InChI is InChI=1S/C40H36Br2Cl2N12O20S6/c41-17-22(42)37(59)47-20-5-8-29(81(65,66)67)25(16-20)49-40-51-38(44)50-39(52-40)48-21-4-7-27(78-75-72-61)24(15-21)54-56-35-30(82(68,69)70)13-18-12-28(79-76-73-62)34(33(45)32(18)36(35)58)55-53-23-14-19(3-6-26(23)77-74-71-60)46-31(57)2-1-10-80(63,64)11-9-43/h3-8,12-16,22,58,60-62H,1-2,9-11,17,45H2,(H,46,57)(H,47,59)(H,65,66,67)(H,68,69,70)(H2,48,49,50,51,52). The number of phenolic OH excluding ortho intramolecular Hbond substituents is 1. The number of amides is 2. The number of carbonyl (C=O) groups is 2. The van der Waals surface area contributed by atoms with Crippen molar-refractivity contribution >= 4 is 207 Å². The van der Waals surface area contributed by atoms with E-state index in [0.717, 1.165) is 24.3 Å². The molecule has 32 nitrogen and oxygen atoms in total. The summed E-state index contributed by atoms with van der Waals surface area (Å²) in [6.07, 6.45) is -0.230. The lowest BCUT2D eigenvalue weighted by Gasteiger charge is -2.14. The number of nitrogens with two attached hydrogens (primary N) is 1. The Labute approximate surface area is 501 Å². The number of nitrogens with zero attached hydrogens (tertiary/aromatic N) is 7. The number of aromatic nitrogens is 3. The van der Waals surface area contributed by atoms with E-state index in [2.05, 4.69) is 117 Å². The first-order chi connectivity index (χ1) is 38.9. The summed E-state index contributed by atoms with van der Waals surface area (Å²) in [7, 11) is -13.7. The molecule has 42 heteroatoms. The third-order valence-electron chi connectivity index (χ3n) is 10.1. The highest BCUT2D eigenvalue weighted by atomic mass is 79.9. The molecule has 0 radical (unpaired) electrons. The van der Waals surface area contributed by atoms with Crippen molar-refractivity contribution in [2.24, 2.45) is 20.5 Å². The number of nitrogens with one attached hydrogen (secondary N) is 4. The van der Waals surface area contributed by atoms with E-state index < -0.39 is 90.2 Å². The smallest absolute Gasteiger partial charge is 0.296 e. The molecule has 0 aliphatic rings. The lowest BCUT2D eigenvalue weighted by atomic mass is 10.1. The number of anilines is 7. The highest BCUT2D eigenvalue weighted by Gasteiger charge is 2.27. The molecule has 1 unspecified atom stereocenters. The Hall–Kier alpha value is -5.29. The fourth-order valence-electron chi connectivity index (χ4n) is 6.65. The first-order valence-corrected chi connectivity index (χ1v) is 31.6. The summed E-state index contributed by atoms with van der Waals surface area (Å²) in [4.78, 5) is 35.0. The minimum Gasteiger partial charge on any atom is -0.505 e. The van der Waals surface area contributed by atoms with E-state index in [9.17, 15) is 49.1 Å². The van der Waals surface area contributed by atoms with E-state index in [1.165, 1.54) is 42.5 Å². The van der Waals surface area contributed by atoms with Gasteiger partial charge in [-0.3, -0.25) is 18.7 Å². The van der Waals surface area contributed by atoms with Crippen LogP contribution in [0.5, 0.6) is 5.75 Å². The number of sulfone groups is 1. The highest BCUT2D eigenvalue weighted by Crippen LogP contribution is 2.50. The van der Waals surface area contributed by atoms with Gasteiger partial charge in [-0.15, -0.1) is 45.1 Å². The predicted molar refractivity (Wildman–Crippen MR) is 303 cm³/mol. The zero-order chi connectivity index (χ0) is 59.9. The van der Waals surface area contributed by atoms with Gasteiger partial charge in [-0.2, -0.15) is 31.8 Å². The number of hydrogen-bond acceptors (Lipinski definition) is 31. The summed E-state index contributed by atoms with van der Waals surface area (Å²) in [5.74, 6) is -3.52. The van der Waals surface area contributed by atoms with Crippen LogP contribution in [0.2, 0.25) is 5.28 Å². The van der Waals surface area contributed by atoms with Crippen LogP contribution in [0.15, 0.2) is 112 Å². The fourth-order valence-corrected chi connectivity index (χ4v) is 11.6. The Balaban J connectivity index is 1.39. The number of carbonyl (C=O) groups excluding carboxylic acids is 2. The highest BCUT2D eigenvalue weighted by molar-refractivity contribution is 9.12. The number of phenols is 1. The minimum atomic E-state index is -5.33. The molecule has 0 saturated carbocycles. The van der Waals surface area contributed by atoms with Gasteiger partial charge in [0.25, 0.3) is 20.2 Å². The Morgan fingerprint density at radius 2 is 1.24 bits per heavy atom. The topological polar surface area (TPSA) is 476 Å². The van der Waals surface area contributed by atoms with Gasteiger partial charge in [0, 0.05) is 34.7 Å². The number of aromatic hydroxyl groups is 1. The Morgan fingerprint density at radius 1 is 0.695 bits per heavy atom. The maximum atomic E-state index is 13.0. The maximum Gasteiger partial charge on any atom is 0.296 e. The number of benzene rings is 5. The Kier molecular flexibility index (Phi) is 24.1. The summed E-state index contributed by atoms with van der Waals surface area (Å²) in [6, 6.07) is 13.2. The van der Waals surface area contributed by atoms with Crippen LogP contribution in [0.1, 0.15) is 12.8 Å². The lowest BCUT2D eigenvalue weighted by Crippen LogP contribution is -2.23. The van der Waals surface area contributed by atoms with Crippen molar-refractivity contribution in [2.45, 2.75) is 42.1 Å².